The molecular weight excluding hydrogens is 396 g/mol. The van der Waals surface area contributed by atoms with Crippen molar-refractivity contribution in [1.29, 1.82) is 0 Å². The lowest BCUT2D eigenvalue weighted by atomic mass is 9.95. The fourth-order valence-electron chi connectivity index (χ4n) is 3.68. The molecule has 0 aliphatic carbocycles. The van der Waals surface area contributed by atoms with E-state index in [4.69, 9.17) is 16.3 Å². The van der Waals surface area contributed by atoms with Gasteiger partial charge in [0, 0.05) is 23.2 Å². The van der Waals surface area contributed by atoms with Gasteiger partial charge in [0.2, 0.25) is 5.91 Å². The van der Waals surface area contributed by atoms with Crippen LogP contribution in [-0.2, 0) is 11.3 Å². The van der Waals surface area contributed by atoms with Crippen molar-refractivity contribution in [3.8, 4) is 11.5 Å². The molecule has 0 unspecified atom stereocenters. The van der Waals surface area contributed by atoms with Crippen molar-refractivity contribution in [2.24, 2.45) is 5.92 Å². The van der Waals surface area contributed by atoms with Crippen molar-refractivity contribution >= 4 is 23.2 Å². The van der Waals surface area contributed by atoms with Crippen molar-refractivity contribution in [3.05, 3.63) is 89.4 Å². The summed E-state index contributed by atoms with van der Waals surface area (Å²) in [6, 6.07) is 25.1. The number of likely N-dealkylation sites (tertiary alicyclic amines) is 1. The number of rotatable bonds is 6. The molecule has 1 aliphatic heterocycles. The Balaban J connectivity index is 1.25. The molecule has 1 amide bonds. The topological polar surface area (TPSA) is 41.6 Å². The molecule has 0 radical (unpaired) electrons. The highest BCUT2D eigenvalue weighted by molar-refractivity contribution is 6.30. The lowest BCUT2D eigenvalue weighted by molar-refractivity contribution is -0.121. The van der Waals surface area contributed by atoms with Crippen molar-refractivity contribution < 1.29 is 9.53 Å². The normalized spacial score (nSPS) is 15.0. The molecule has 3 aromatic carbocycles. The first kappa shape index (κ1) is 20.5. The molecule has 3 aromatic rings. The lowest BCUT2D eigenvalue weighted by Crippen LogP contribution is -2.37. The molecule has 0 saturated carbocycles. The molecular formula is C25H25ClN2O2. The third-order valence-electron chi connectivity index (χ3n) is 5.38. The number of nitrogens with zero attached hydrogens (tertiary/aromatic N) is 1. The number of piperidine rings is 1. The van der Waals surface area contributed by atoms with Gasteiger partial charge >= 0.3 is 0 Å². The predicted molar refractivity (Wildman–Crippen MR) is 121 cm³/mol. The molecule has 0 aromatic heterocycles. The number of carbonyl (C=O) groups is 1. The summed E-state index contributed by atoms with van der Waals surface area (Å²) in [6.45, 7) is 2.74. The van der Waals surface area contributed by atoms with Gasteiger partial charge in [-0.1, -0.05) is 41.9 Å². The molecule has 0 bridgehead atoms. The highest BCUT2D eigenvalue weighted by Gasteiger charge is 2.25. The molecule has 5 heteroatoms. The van der Waals surface area contributed by atoms with Crippen LogP contribution in [0.15, 0.2) is 78.9 Å². The van der Waals surface area contributed by atoms with Gasteiger partial charge in [-0.25, -0.2) is 0 Å². The van der Waals surface area contributed by atoms with Crippen molar-refractivity contribution in [2.45, 2.75) is 19.4 Å². The van der Waals surface area contributed by atoms with Crippen molar-refractivity contribution in [1.82, 2.24) is 4.90 Å². The maximum absolute atomic E-state index is 12.7. The first-order valence-electron chi connectivity index (χ1n) is 10.3. The average Bonchev–Trinajstić information content (AvgIpc) is 2.78. The van der Waals surface area contributed by atoms with Gasteiger partial charge in [-0.05, 0) is 80.0 Å². The summed E-state index contributed by atoms with van der Waals surface area (Å²) in [5.41, 5.74) is 2.05. The number of hydrogen-bond donors (Lipinski definition) is 1. The summed E-state index contributed by atoms with van der Waals surface area (Å²) in [4.78, 5) is 15.1. The average molecular weight is 421 g/mol. The number of para-hydroxylation sites is 1. The predicted octanol–water partition coefficient (Wildman–Crippen LogP) is 5.98. The fourth-order valence-corrected chi connectivity index (χ4v) is 3.80. The van der Waals surface area contributed by atoms with E-state index in [0.29, 0.717) is 0 Å². The van der Waals surface area contributed by atoms with Gasteiger partial charge in [-0.2, -0.15) is 0 Å². The lowest BCUT2D eigenvalue weighted by Gasteiger charge is -2.31. The Hall–Kier alpha value is -2.82. The van der Waals surface area contributed by atoms with E-state index in [-0.39, 0.29) is 11.8 Å². The number of halogens is 1. The van der Waals surface area contributed by atoms with Crippen LogP contribution in [-0.4, -0.2) is 23.9 Å². The van der Waals surface area contributed by atoms with Crippen LogP contribution in [0.3, 0.4) is 0 Å². The molecule has 1 fully saturated rings. The van der Waals surface area contributed by atoms with Crippen molar-refractivity contribution in [2.75, 3.05) is 18.4 Å². The Bertz CT molecular complexity index is 951. The minimum atomic E-state index is 0.0479. The molecule has 1 N–H and O–H groups in total. The van der Waals surface area contributed by atoms with E-state index in [0.717, 1.165) is 54.7 Å². The number of hydrogen-bond acceptors (Lipinski definition) is 3. The Kier molecular flexibility index (Phi) is 6.67. The minimum absolute atomic E-state index is 0.0479. The number of carbonyl (C=O) groups excluding carboxylic acids is 1. The van der Waals surface area contributed by atoms with Crippen LogP contribution in [0.4, 0.5) is 5.69 Å². The number of anilines is 1. The maximum Gasteiger partial charge on any atom is 0.227 e. The second kappa shape index (κ2) is 9.79. The number of amides is 1. The van der Waals surface area contributed by atoms with Gasteiger partial charge in [0.05, 0.1) is 0 Å². The largest absolute Gasteiger partial charge is 0.457 e. The Morgan fingerprint density at radius 2 is 1.53 bits per heavy atom. The Morgan fingerprint density at radius 1 is 0.900 bits per heavy atom. The molecule has 0 atom stereocenters. The second-order valence-corrected chi connectivity index (χ2v) is 8.04. The van der Waals surface area contributed by atoms with Crippen LogP contribution in [0.1, 0.15) is 18.4 Å². The molecule has 1 heterocycles. The first-order valence-corrected chi connectivity index (χ1v) is 10.6. The summed E-state index contributed by atoms with van der Waals surface area (Å²) in [5.74, 6) is 1.68. The quantitative estimate of drug-likeness (QED) is 0.533. The van der Waals surface area contributed by atoms with Gasteiger partial charge in [-0.3, -0.25) is 9.69 Å². The maximum atomic E-state index is 12.7. The van der Waals surface area contributed by atoms with Crippen LogP contribution >= 0.6 is 11.6 Å². The molecule has 0 spiro atoms. The number of ether oxygens (including phenoxy) is 1. The van der Waals surface area contributed by atoms with Gasteiger partial charge in [-0.15, -0.1) is 0 Å². The molecule has 1 saturated heterocycles. The van der Waals surface area contributed by atoms with E-state index in [2.05, 4.69) is 22.3 Å². The first-order chi connectivity index (χ1) is 14.7. The van der Waals surface area contributed by atoms with E-state index in [1.54, 1.807) is 0 Å². The molecule has 154 valence electrons. The highest BCUT2D eigenvalue weighted by atomic mass is 35.5. The molecule has 4 nitrogen and oxygen atoms in total. The van der Waals surface area contributed by atoms with E-state index >= 15 is 0 Å². The second-order valence-electron chi connectivity index (χ2n) is 7.61. The van der Waals surface area contributed by atoms with Gasteiger partial charge in [0.15, 0.2) is 0 Å². The van der Waals surface area contributed by atoms with Gasteiger partial charge in [0.25, 0.3) is 0 Å². The monoisotopic (exact) mass is 420 g/mol. The Labute approximate surface area is 182 Å². The minimum Gasteiger partial charge on any atom is -0.457 e. The van der Waals surface area contributed by atoms with Crippen molar-refractivity contribution in [3.63, 3.8) is 0 Å². The summed E-state index contributed by atoms with van der Waals surface area (Å²) in [7, 11) is 0. The van der Waals surface area contributed by atoms with E-state index in [9.17, 15) is 4.79 Å². The summed E-state index contributed by atoms with van der Waals surface area (Å²) in [5, 5.41) is 3.80. The summed E-state index contributed by atoms with van der Waals surface area (Å²) < 4.78 is 5.80. The summed E-state index contributed by atoms with van der Waals surface area (Å²) in [6.07, 6.45) is 1.74. The van der Waals surface area contributed by atoms with Crippen LogP contribution < -0.4 is 10.1 Å². The molecule has 1 aliphatic rings. The van der Waals surface area contributed by atoms with Gasteiger partial charge < -0.3 is 10.1 Å². The zero-order valence-electron chi connectivity index (χ0n) is 16.8. The third-order valence-corrected chi connectivity index (χ3v) is 5.63. The standard InChI is InChI=1S/C25H25ClN2O2/c26-21-8-6-19(7-9-21)18-28-16-14-20(15-17-28)25(29)27-22-10-12-24(13-11-22)30-23-4-2-1-3-5-23/h1-13,20H,14-18H2,(H,27,29). The SMILES string of the molecule is O=C(Nc1ccc(Oc2ccccc2)cc1)C1CCN(Cc2ccc(Cl)cc2)CC1. The smallest absolute Gasteiger partial charge is 0.227 e. The summed E-state index contributed by atoms with van der Waals surface area (Å²) >= 11 is 5.95. The fraction of sp³-hybridized carbons (Fsp3) is 0.240. The van der Waals surface area contributed by atoms with Crippen LogP contribution in [0.2, 0.25) is 5.02 Å². The number of benzene rings is 3. The van der Waals surface area contributed by atoms with Crippen LogP contribution in [0, 0.1) is 5.92 Å². The highest BCUT2D eigenvalue weighted by Crippen LogP contribution is 2.25. The zero-order chi connectivity index (χ0) is 20.8. The Morgan fingerprint density at radius 3 is 2.20 bits per heavy atom. The van der Waals surface area contributed by atoms with E-state index in [1.807, 2.05) is 66.7 Å². The molecule has 4 rings (SSSR count). The number of nitrogens with one attached hydrogen (secondary N) is 1. The van der Waals surface area contributed by atoms with Crippen LogP contribution in [0.25, 0.3) is 0 Å². The third kappa shape index (κ3) is 5.62. The van der Waals surface area contributed by atoms with E-state index in [1.165, 1.54) is 5.56 Å². The zero-order valence-corrected chi connectivity index (χ0v) is 17.5. The molecule has 30 heavy (non-hydrogen) atoms. The van der Waals surface area contributed by atoms with Crippen LogP contribution in [0.5, 0.6) is 11.5 Å². The van der Waals surface area contributed by atoms with Gasteiger partial charge in [0.1, 0.15) is 11.5 Å². The van der Waals surface area contributed by atoms with E-state index < -0.39 is 0 Å².